The number of aliphatic carboxylic acids is 1. The Kier molecular flexibility index (Phi) is 3.96. The fourth-order valence-electron chi connectivity index (χ4n) is 2.30. The molecular formula is C15H16N2O3S. The van der Waals surface area contributed by atoms with Gasteiger partial charge in [0.05, 0.1) is 16.7 Å². The lowest BCUT2D eigenvalue weighted by molar-refractivity contribution is -0.133. The van der Waals surface area contributed by atoms with Crippen LogP contribution in [0, 0.1) is 5.92 Å². The van der Waals surface area contributed by atoms with Gasteiger partial charge in [-0.1, -0.05) is 36.7 Å². The molecule has 110 valence electrons. The first-order valence-corrected chi connectivity index (χ1v) is 7.98. The summed E-state index contributed by atoms with van der Waals surface area (Å²) in [7, 11) is 0. The van der Waals surface area contributed by atoms with E-state index in [9.17, 15) is 9.59 Å². The third-order valence-corrected chi connectivity index (χ3v) is 4.57. The Hall–Kier alpha value is -1.82. The van der Waals surface area contributed by atoms with Gasteiger partial charge in [0.25, 0.3) is 5.56 Å². The normalized spacial score (nSPS) is 14.5. The van der Waals surface area contributed by atoms with Crippen LogP contribution in [0.25, 0.3) is 10.9 Å². The highest BCUT2D eigenvalue weighted by atomic mass is 32.2. The molecule has 3 rings (SSSR count). The molecular weight excluding hydrogens is 288 g/mol. The lowest BCUT2D eigenvalue weighted by Crippen LogP contribution is -2.24. The van der Waals surface area contributed by atoms with Gasteiger partial charge >= 0.3 is 5.97 Å². The molecule has 0 bridgehead atoms. The van der Waals surface area contributed by atoms with Gasteiger partial charge in [0.1, 0.15) is 0 Å². The number of thioether (sulfide) groups is 1. The standard InChI is InChI=1S/C15H16N2O3S/c18-13(19)9-21-15-16-12-4-2-1-3-11(12)14(20)17(15)8-7-10-5-6-10/h1-4,10H,5-9H2,(H,18,19). The zero-order valence-electron chi connectivity index (χ0n) is 11.5. The van der Waals surface area contributed by atoms with Crippen molar-refractivity contribution in [3.05, 3.63) is 34.6 Å². The Labute approximate surface area is 126 Å². The van der Waals surface area contributed by atoms with Gasteiger partial charge in [0.15, 0.2) is 5.16 Å². The summed E-state index contributed by atoms with van der Waals surface area (Å²) in [4.78, 5) is 27.8. The van der Waals surface area contributed by atoms with Crippen LogP contribution in [-0.4, -0.2) is 26.4 Å². The Bertz CT molecular complexity index is 737. The van der Waals surface area contributed by atoms with Gasteiger partial charge < -0.3 is 5.11 Å². The molecule has 0 aliphatic heterocycles. The predicted octanol–water partition coefficient (Wildman–Crippen LogP) is 2.37. The Morgan fingerprint density at radius 1 is 1.38 bits per heavy atom. The number of para-hydroxylation sites is 1. The van der Waals surface area contributed by atoms with Gasteiger partial charge in [-0.15, -0.1) is 0 Å². The van der Waals surface area contributed by atoms with Crippen molar-refractivity contribution in [2.24, 2.45) is 5.92 Å². The highest BCUT2D eigenvalue weighted by molar-refractivity contribution is 7.99. The molecule has 0 unspecified atom stereocenters. The van der Waals surface area contributed by atoms with Gasteiger partial charge in [-0.25, -0.2) is 4.98 Å². The molecule has 0 saturated heterocycles. The minimum atomic E-state index is -0.906. The monoisotopic (exact) mass is 304 g/mol. The molecule has 21 heavy (non-hydrogen) atoms. The van der Waals surface area contributed by atoms with Crippen LogP contribution < -0.4 is 5.56 Å². The smallest absolute Gasteiger partial charge is 0.313 e. The van der Waals surface area contributed by atoms with Crippen LogP contribution in [0.15, 0.2) is 34.2 Å². The molecule has 1 aliphatic carbocycles. The maximum absolute atomic E-state index is 12.6. The molecule has 5 nitrogen and oxygen atoms in total. The van der Waals surface area contributed by atoms with Crippen LogP contribution >= 0.6 is 11.8 Å². The lowest BCUT2D eigenvalue weighted by Gasteiger charge is -2.12. The summed E-state index contributed by atoms with van der Waals surface area (Å²) in [5.41, 5.74) is 0.548. The van der Waals surface area contributed by atoms with E-state index in [0.717, 1.165) is 18.2 Å². The minimum absolute atomic E-state index is 0.0749. The number of carboxylic acid groups (broad SMARTS) is 1. The maximum Gasteiger partial charge on any atom is 0.313 e. The average molecular weight is 304 g/mol. The number of rotatable bonds is 6. The van der Waals surface area contributed by atoms with E-state index in [1.165, 1.54) is 12.8 Å². The molecule has 1 aromatic carbocycles. The highest BCUT2D eigenvalue weighted by Gasteiger charge is 2.22. The molecule has 1 fully saturated rings. The zero-order chi connectivity index (χ0) is 14.8. The predicted molar refractivity (Wildman–Crippen MR) is 81.7 cm³/mol. The van der Waals surface area contributed by atoms with Crippen LogP contribution in [-0.2, 0) is 11.3 Å². The first-order chi connectivity index (χ1) is 10.1. The average Bonchev–Trinajstić information content (AvgIpc) is 3.28. The summed E-state index contributed by atoms with van der Waals surface area (Å²) < 4.78 is 1.63. The molecule has 0 amide bonds. The molecule has 1 aliphatic rings. The van der Waals surface area contributed by atoms with Crippen molar-refractivity contribution in [3.8, 4) is 0 Å². The third-order valence-electron chi connectivity index (χ3n) is 3.61. The third kappa shape index (κ3) is 3.26. The topological polar surface area (TPSA) is 72.2 Å². The second-order valence-electron chi connectivity index (χ2n) is 5.28. The van der Waals surface area contributed by atoms with Crippen molar-refractivity contribution in [3.63, 3.8) is 0 Å². The molecule has 0 spiro atoms. The van der Waals surface area contributed by atoms with E-state index in [4.69, 9.17) is 5.11 Å². The number of aromatic nitrogens is 2. The number of fused-ring (bicyclic) bond motifs is 1. The van der Waals surface area contributed by atoms with E-state index in [-0.39, 0.29) is 11.3 Å². The van der Waals surface area contributed by atoms with Crippen LogP contribution in [0.5, 0.6) is 0 Å². The summed E-state index contributed by atoms with van der Waals surface area (Å²) in [6, 6.07) is 7.20. The molecule has 1 N–H and O–H groups in total. The largest absolute Gasteiger partial charge is 0.481 e. The number of carboxylic acids is 1. The van der Waals surface area contributed by atoms with Gasteiger partial charge in [-0.2, -0.15) is 0 Å². The quantitative estimate of drug-likeness (QED) is 0.655. The maximum atomic E-state index is 12.6. The first-order valence-electron chi connectivity index (χ1n) is 6.99. The molecule has 1 saturated carbocycles. The summed E-state index contributed by atoms with van der Waals surface area (Å²) >= 11 is 1.11. The van der Waals surface area contributed by atoms with Crippen molar-refractivity contribution in [1.82, 2.24) is 9.55 Å². The second kappa shape index (κ2) is 5.89. The summed E-state index contributed by atoms with van der Waals surface area (Å²) in [5.74, 6) is -0.286. The molecule has 0 radical (unpaired) electrons. The zero-order valence-corrected chi connectivity index (χ0v) is 12.3. The number of nitrogens with zero attached hydrogens (tertiary/aromatic N) is 2. The van der Waals surface area contributed by atoms with Gasteiger partial charge in [0.2, 0.25) is 0 Å². The van der Waals surface area contributed by atoms with E-state index in [1.807, 2.05) is 12.1 Å². The molecule has 1 heterocycles. The molecule has 2 aromatic rings. The molecule has 6 heteroatoms. The van der Waals surface area contributed by atoms with Crippen LogP contribution in [0.4, 0.5) is 0 Å². The fourth-order valence-corrected chi connectivity index (χ4v) is 3.05. The SMILES string of the molecule is O=C(O)CSc1nc2ccccc2c(=O)n1CCC1CC1. The number of carbonyl (C=O) groups is 1. The van der Waals surface area contributed by atoms with Crippen molar-refractivity contribution in [2.45, 2.75) is 31.0 Å². The lowest BCUT2D eigenvalue weighted by atomic mass is 10.2. The van der Waals surface area contributed by atoms with E-state index in [0.29, 0.717) is 28.5 Å². The Morgan fingerprint density at radius 2 is 2.14 bits per heavy atom. The van der Waals surface area contributed by atoms with Crippen molar-refractivity contribution in [2.75, 3.05) is 5.75 Å². The fraction of sp³-hybridized carbons (Fsp3) is 0.400. The minimum Gasteiger partial charge on any atom is -0.481 e. The van der Waals surface area contributed by atoms with Crippen molar-refractivity contribution < 1.29 is 9.90 Å². The molecule has 1 aromatic heterocycles. The summed E-state index contributed by atoms with van der Waals surface area (Å²) in [6.07, 6.45) is 3.42. The van der Waals surface area contributed by atoms with Gasteiger partial charge in [-0.05, 0) is 24.5 Å². The van der Waals surface area contributed by atoms with Crippen molar-refractivity contribution in [1.29, 1.82) is 0 Å². The Balaban J connectivity index is 2.00. The number of hydrogen-bond acceptors (Lipinski definition) is 4. The van der Waals surface area contributed by atoms with Gasteiger partial charge in [0, 0.05) is 6.54 Å². The summed E-state index contributed by atoms with van der Waals surface area (Å²) in [5, 5.41) is 9.93. The number of hydrogen-bond donors (Lipinski definition) is 1. The van der Waals surface area contributed by atoms with Crippen LogP contribution in [0.3, 0.4) is 0 Å². The molecule has 0 atom stereocenters. The second-order valence-corrected chi connectivity index (χ2v) is 6.23. The van der Waals surface area contributed by atoms with E-state index >= 15 is 0 Å². The first kappa shape index (κ1) is 14.1. The van der Waals surface area contributed by atoms with Crippen LogP contribution in [0.2, 0.25) is 0 Å². The highest BCUT2D eigenvalue weighted by Crippen LogP contribution is 2.33. The van der Waals surface area contributed by atoms with E-state index in [1.54, 1.807) is 16.7 Å². The van der Waals surface area contributed by atoms with Gasteiger partial charge in [-0.3, -0.25) is 14.2 Å². The van der Waals surface area contributed by atoms with E-state index in [2.05, 4.69) is 4.98 Å². The summed E-state index contributed by atoms with van der Waals surface area (Å²) in [6.45, 7) is 0.614. The Morgan fingerprint density at radius 3 is 2.86 bits per heavy atom. The van der Waals surface area contributed by atoms with E-state index < -0.39 is 5.97 Å². The van der Waals surface area contributed by atoms with Crippen molar-refractivity contribution >= 4 is 28.6 Å². The van der Waals surface area contributed by atoms with Crippen LogP contribution in [0.1, 0.15) is 19.3 Å². The number of benzene rings is 1.